The Hall–Kier alpha value is -0.510. The van der Waals surface area contributed by atoms with Crippen molar-refractivity contribution in [3.05, 3.63) is 36.1 Å². The van der Waals surface area contributed by atoms with Gasteiger partial charge in [0.25, 0.3) is 0 Å². The molecular weight excluding hydrogens is 252 g/mol. The zero-order chi connectivity index (χ0) is 14.9. The lowest BCUT2D eigenvalue weighted by Gasteiger charge is -2.38. The van der Waals surface area contributed by atoms with E-state index in [0.717, 1.165) is 17.4 Å². The SMILES string of the molecule is CC=CCC=CC(C)C=C(C)[N+](C)(CC)C(N)SC. The summed E-state index contributed by atoms with van der Waals surface area (Å²) >= 11 is 1.72. The first kappa shape index (κ1) is 18.5. The minimum Gasteiger partial charge on any atom is -0.274 e. The molecule has 19 heavy (non-hydrogen) atoms. The molecule has 0 aliphatic heterocycles. The fraction of sp³-hybridized carbons (Fsp3) is 0.625. The van der Waals surface area contributed by atoms with Crippen LogP contribution >= 0.6 is 11.8 Å². The monoisotopic (exact) mass is 283 g/mol. The van der Waals surface area contributed by atoms with Crippen LogP contribution in [0, 0.1) is 5.92 Å². The average Bonchev–Trinajstić information content (AvgIpc) is 2.41. The molecule has 0 saturated heterocycles. The molecule has 0 amide bonds. The zero-order valence-corrected chi connectivity index (χ0v) is 14.2. The Morgan fingerprint density at radius 3 is 2.47 bits per heavy atom. The predicted octanol–water partition coefficient (Wildman–Crippen LogP) is 4.12. The summed E-state index contributed by atoms with van der Waals surface area (Å²) in [7, 11) is 2.21. The van der Waals surface area contributed by atoms with E-state index < -0.39 is 0 Å². The number of allylic oxidation sites excluding steroid dienone is 6. The van der Waals surface area contributed by atoms with Crippen LogP contribution in [-0.2, 0) is 0 Å². The van der Waals surface area contributed by atoms with Gasteiger partial charge in [-0.25, -0.2) is 0 Å². The molecule has 2 N–H and O–H groups in total. The van der Waals surface area contributed by atoms with E-state index in [1.165, 1.54) is 5.70 Å². The fourth-order valence-electron chi connectivity index (χ4n) is 1.98. The van der Waals surface area contributed by atoms with Gasteiger partial charge in [-0.2, -0.15) is 0 Å². The second-order valence-electron chi connectivity index (χ2n) is 5.11. The Morgan fingerprint density at radius 1 is 1.37 bits per heavy atom. The van der Waals surface area contributed by atoms with E-state index in [1.807, 2.05) is 0 Å². The molecule has 0 radical (unpaired) electrons. The van der Waals surface area contributed by atoms with Crippen molar-refractivity contribution >= 4 is 11.8 Å². The van der Waals surface area contributed by atoms with Gasteiger partial charge in [0, 0.05) is 6.92 Å². The molecule has 0 aromatic carbocycles. The molecule has 0 fully saturated rings. The van der Waals surface area contributed by atoms with Crippen LogP contribution in [-0.4, -0.2) is 29.8 Å². The Labute approximate surface area is 124 Å². The van der Waals surface area contributed by atoms with Gasteiger partial charge in [0.1, 0.15) is 5.70 Å². The van der Waals surface area contributed by atoms with Gasteiger partial charge >= 0.3 is 0 Å². The molecule has 0 aliphatic carbocycles. The third kappa shape index (κ3) is 5.98. The maximum atomic E-state index is 6.25. The fourth-order valence-corrected chi connectivity index (χ4v) is 2.76. The van der Waals surface area contributed by atoms with E-state index in [4.69, 9.17) is 5.73 Å². The molecule has 3 unspecified atom stereocenters. The van der Waals surface area contributed by atoms with Crippen LogP contribution in [0.25, 0.3) is 0 Å². The summed E-state index contributed by atoms with van der Waals surface area (Å²) in [6, 6.07) is 0. The lowest BCUT2D eigenvalue weighted by Crippen LogP contribution is -2.53. The maximum Gasteiger partial charge on any atom is 0.192 e. The van der Waals surface area contributed by atoms with Gasteiger partial charge in [0.05, 0.1) is 13.6 Å². The highest BCUT2D eigenvalue weighted by Gasteiger charge is 2.29. The molecule has 0 heterocycles. The van der Waals surface area contributed by atoms with E-state index in [9.17, 15) is 0 Å². The molecule has 0 aromatic heterocycles. The van der Waals surface area contributed by atoms with Gasteiger partial charge in [-0.05, 0) is 38.5 Å². The molecule has 0 aliphatic rings. The molecule has 0 spiro atoms. The number of nitrogens with zero attached hydrogens (tertiary/aromatic N) is 1. The topological polar surface area (TPSA) is 26.0 Å². The Balaban J connectivity index is 4.80. The van der Waals surface area contributed by atoms with Crippen LogP contribution in [0.5, 0.6) is 0 Å². The molecule has 0 bridgehead atoms. The molecule has 0 saturated carbocycles. The van der Waals surface area contributed by atoms with E-state index in [1.54, 1.807) is 11.8 Å². The lowest BCUT2D eigenvalue weighted by atomic mass is 10.1. The van der Waals surface area contributed by atoms with Crippen molar-refractivity contribution in [3.8, 4) is 0 Å². The first-order chi connectivity index (χ1) is 8.92. The summed E-state index contributed by atoms with van der Waals surface area (Å²) in [4.78, 5) is 0. The zero-order valence-electron chi connectivity index (χ0n) is 13.4. The Bertz CT molecular complexity index is 334. The van der Waals surface area contributed by atoms with Crippen molar-refractivity contribution in [2.45, 2.75) is 39.6 Å². The van der Waals surface area contributed by atoms with E-state index >= 15 is 0 Å². The highest BCUT2D eigenvalue weighted by Crippen LogP contribution is 2.23. The number of hydrogen-bond acceptors (Lipinski definition) is 2. The van der Waals surface area contributed by atoms with Gasteiger partial charge < -0.3 is 0 Å². The van der Waals surface area contributed by atoms with Crippen molar-refractivity contribution < 1.29 is 4.48 Å². The van der Waals surface area contributed by atoms with Gasteiger partial charge in [-0.1, -0.05) is 43.0 Å². The lowest BCUT2D eigenvalue weighted by molar-refractivity contribution is -0.880. The van der Waals surface area contributed by atoms with Crippen molar-refractivity contribution in [2.24, 2.45) is 11.7 Å². The number of nitrogens with two attached hydrogens (primary N) is 1. The Kier molecular flexibility index (Phi) is 9.15. The third-order valence-corrected chi connectivity index (χ3v) is 4.67. The van der Waals surface area contributed by atoms with Crippen molar-refractivity contribution in [1.29, 1.82) is 0 Å². The number of rotatable bonds is 8. The number of thioether (sulfide) groups is 1. The minimum atomic E-state index is 0.0976. The van der Waals surface area contributed by atoms with Gasteiger partial charge in [0.2, 0.25) is 0 Å². The summed E-state index contributed by atoms with van der Waals surface area (Å²) in [6.07, 6.45) is 14.1. The first-order valence-electron chi connectivity index (χ1n) is 7.02. The molecule has 110 valence electrons. The molecule has 2 nitrogen and oxygen atoms in total. The van der Waals surface area contributed by atoms with Gasteiger partial charge in [-0.15, -0.1) is 0 Å². The first-order valence-corrected chi connectivity index (χ1v) is 8.31. The van der Waals surface area contributed by atoms with Crippen LogP contribution in [0.4, 0.5) is 0 Å². The summed E-state index contributed by atoms with van der Waals surface area (Å²) in [5.41, 5.74) is 7.68. The third-order valence-electron chi connectivity index (χ3n) is 3.72. The summed E-state index contributed by atoms with van der Waals surface area (Å²) in [6.45, 7) is 9.67. The summed E-state index contributed by atoms with van der Waals surface area (Å²) < 4.78 is 0.800. The normalized spacial score (nSPS) is 19.8. The summed E-state index contributed by atoms with van der Waals surface area (Å²) in [5, 5.41) is 0. The predicted molar refractivity (Wildman–Crippen MR) is 89.7 cm³/mol. The second kappa shape index (κ2) is 9.40. The van der Waals surface area contributed by atoms with E-state index in [-0.39, 0.29) is 5.50 Å². The van der Waals surface area contributed by atoms with Crippen molar-refractivity contribution in [1.82, 2.24) is 0 Å². The molecular formula is C16H31N2S+. The highest BCUT2D eigenvalue weighted by atomic mass is 32.2. The minimum absolute atomic E-state index is 0.0976. The Morgan fingerprint density at radius 2 is 2.00 bits per heavy atom. The standard InChI is InChI=1S/C16H31N2S/c1-7-9-10-11-12-14(3)13-15(4)18(5,8-2)16(17)19-6/h7,9,11-14,16H,8,10,17H2,1-6H3/q+1. The molecule has 3 heteroatoms. The summed E-state index contributed by atoms with van der Waals surface area (Å²) in [5.74, 6) is 0.448. The average molecular weight is 284 g/mol. The smallest absolute Gasteiger partial charge is 0.192 e. The van der Waals surface area contributed by atoms with Crippen LogP contribution in [0.2, 0.25) is 0 Å². The van der Waals surface area contributed by atoms with Gasteiger partial charge in [-0.3, -0.25) is 10.2 Å². The largest absolute Gasteiger partial charge is 0.274 e. The van der Waals surface area contributed by atoms with Crippen molar-refractivity contribution in [3.63, 3.8) is 0 Å². The van der Waals surface area contributed by atoms with Crippen LogP contribution in [0.15, 0.2) is 36.1 Å². The second-order valence-corrected chi connectivity index (χ2v) is 6.06. The number of hydrogen-bond donors (Lipinski definition) is 1. The molecule has 0 aromatic rings. The highest BCUT2D eigenvalue weighted by molar-refractivity contribution is 7.98. The van der Waals surface area contributed by atoms with E-state index in [2.05, 4.69) is 71.4 Å². The van der Waals surface area contributed by atoms with Crippen molar-refractivity contribution in [2.75, 3.05) is 19.8 Å². The maximum absolute atomic E-state index is 6.25. The molecule has 0 rings (SSSR count). The molecule has 3 atom stereocenters. The van der Waals surface area contributed by atoms with Crippen LogP contribution < -0.4 is 5.73 Å². The van der Waals surface area contributed by atoms with Gasteiger partial charge in [0.15, 0.2) is 5.50 Å². The van der Waals surface area contributed by atoms with Crippen LogP contribution in [0.3, 0.4) is 0 Å². The van der Waals surface area contributed by atoms with Crippen LogP contribution in [0.1, 0.15) is 34.1 Å². The quantitative estimate of drug-likeness (QED) is 0.412. The number of quaternary nitrogens is 1. The van der Waals surface area contributed by atoms with E-state index in [0.29, 0.717) is 5.92 Å².